The molecule has 0 unspecified atom stereocenters. The summed E-state index contributed by atoms with van der Waals surface area (Å²) >= 11 is 0. The van der Waals surface area contributed by atoms with E-state index in [0.717, 1.165) is 0 Å². The van der Waals surface area contributed by atoms with E-state index in [1.54, 1.807) is 0 Å². The molecule has 0 atom stereocenters. The maximum Gasteiger partial charge on any atom is 0.317 e. The number of nitrogens with zero attached hydrogens (tertiary/aromatic N) is 3. The van der Waals surface area contributed by atoms with Crippen molar-refractivity contribution in [1.82, 2.24) is 10.2 Å². The second-order valence-corrected chi connectivity index (χ2v) is 2.36. The van der Waals surface area contributed by atoms with E-state index >= 15 is 0 Å². The van der Waals surface area contributed by atoms with E-state index in [1.165, 1.54) is 11.9 Å². The number of nitrogens with one attached hydrogen (secondary N) is 1. The maximum atomic E-state index is 11.1. The lowest BCUT2D eigenvalue weighted by atomic mass is 10.3. The van der Waals surface area contributed by atoms with Crippen LogP contribution in [-0.4, -0.2) is 31.1 Å². The Morgan fingerprint density at radius 3 is 2.08 bits per heavy atom. The molecular formula is C8H12N4O. The number of amides is 2. The van der Waals surface area contributed by atoms with Gasteiger partial charge in [-0.05, 0) is 0 Å². The van der Waals surface area contributed by atoms with E-state index in [4.69, 9.17) is 10.5 Å². The maximum absolute atomic E-state index is 11.1. The van der Waals surface area contributed by atoms with Gasteiger partial charge in [-0.2, -0.15) is 10.5 Å². The summed E-state index contributed by atoms with van der Waals surface area (Å²) in [6, 6.07) is 3.65. The predicted octanol–water partition coefficient (Wildman–Crippen LogP) is 0.455. The molecule has 0 spiro atoms. The summed E-state index contributed by atoms with van der Waals surface area (Å²) in [7, 11) is 1.52. The molecule has 0 aromatic rings. The zero-order valence-electron chi connectivity index (χ0n) is 7.58. The van der Waals surface area contributed by atoms with Crippen LogP contribution in [0.3, 0.4) is 0 Å². The highest BCUT2D eigenvalue weighted by atomic mass is 16.2. The molecule has 0 saturated carbocycles. The molecule has 0 aromatic carbocycles. The van der Waals surface area contributed by atoms with Crippen LogP contribution in [-0.2, 0) is 0 Å². The summed E-state index contributed by atoms with van der Waals surface area (Å²) in [6.45, 7) is 0.746. The first-order valence-corrected chi connectivity index (χ1v) is 3.96. The molecule has 0 aliphatic heterocycles. The molecule has 13 heavy (non-hydrogen) atoms. The Hall–Kier alpha value is -1.75. The quantitative estimate of drug-likeness (QED) is 0.682. The lowest BCUT2D eigenvalue weighted by Gasteiger charge is -2.19. The monoisotopic (exact) mass is 180 g/mol. The molecule has 5 heteroatoms. The molecule has 0 rings (SSSR count). The molecular weight excluding hydrogens is 168 g/mol. The van der Waals surface area contributed by atoms with Gasteiger partial charge in [0.15, 0.2) is 0 Å². The minimum absolute atomic E-state index is 0.245. The number of carbonyl (C=O) groups is 1. The van der Waals surface area contributed by atoms with Gasteiger partial charge in [0.05, 0.1) is 25.0 Å². The molecule has 70 valence electrons. The van der Waals surface area contributed by atoms with Crippen LogP contribution in [0.1, 0.15) is 12.8 Å². The first-order chi connectivity index (χ1) is 6.26. The Kier molecular flexibility index (Phi) is 6.00. The molecule has 0 saturated heterocycles. The van der Waals surface area contributed by atoms with Crippen LogP contribution in [0.15, 0.2) is 0 Å². The molecule has 0 aromatic heterocycles. The van der Waals surface area contributed by atoms with Crippen LogP contribution in [0.4, 0.5) is 4.79 Å². The molecule has 0 bridgehead atoms. The molecule has 5 nitrogen and oxygen atoms in total. The van der Waals surface area contributed by atoms with Crippen molar-refractivity contribution in [2.75, 3.05) is 20.1 Å². The Morgan fingerprint density at radius 2 is 1.77 bits per heavy atom. The molecule has 2 amide bonds. The lowest BCUT2D eigenvalue weighted by Crippen LogP contribution is -2.39. The number of urea groups is 1. The van der Waals surface area contributed by atoms with Crippen LogP contribution >= 0.6 is 0 Å². The van der Waals surface area contributed by atoms with Crippen molar-refractivity contribution in [3.8, 4) is 12.1 Å². The summed E-state index contributed by atoms with van der Waals surface area (Å²) in [5.41, 5.74) is 0. The van der Waals surface area contributed by atoms with Gasteiger partial charge in [0.1, 0.15) is 0 Å². The van der Waals surface area contributed by atoms with E-state index in [9.17, 15) is 4.79 Å². The summed E-state index contributed by atoms with van der Waals surface area (Å²) in [6.07, 6.45) is 0.581. The van der Waals surface area contributed by atoms with Crippen molar-refractivity contribution in [3.05, 3.63) is 0 Å². The zero-order chi connectivity index (χ0) is 10.1. The predicted molar refractivity (Wildman–Crippen MR) is 46.5 cm³/mol. The van der Waals surface area contributed by atoms with Crippen molar-refractivity contribution in [1.29, 1.82) is 10.5 Å². The van der Waals surface area contributed by atoms with E-state index in [0.29, 0.717) is 25.9 Å². The van der Waals surface area contributed by atoms with Gasteiger partial charge >= 0.3 is 6.03 Å². The molecule has 0 aliphatic rings. The summed E-state index contributed by atoms with van der Waals surface area (Å²) in [5, 5.41) is 19.1. The first-order valence-electron chi connectivity index (χ1n) is 3.96. The Bertz CT molecular complexity index is 220. The fraction of sp³-hybridized carbons (Fsp3) is 0.625. The number of carbonyl (C=O) groups excluding carboxylic acids is 1. The molecule has 0 aliphatic carbocycles. The van der Waals surface area contributed by atoms with Crippen molar-refractivity contribution >= 4 is 6.03 Å². The third-order valence-electron chi connectivity index (χ3n) is 1.49. The van der Waals surface area contributed by atoms with Crippen molar-refractivity contribution in [2.24, 2.45) is 0 Å². The minimum atomic E-state index is -0.245. The molecule has 1 N–H and O–H groups in total. The molecule has 0 fully saturated rings. The fourth-order valence-electron chi connectivity index (χ4n) is 0.843. The third kappa shape index (κ3) is 4.65. The van der Waals surface area contributed by atoms with Gasteiger partial charge in [-0.3, -0.25) is 0 Å². The highest BCUT2D eigenvalue weighted by molar-refractivity contribution is 5.73. The van der Waals surface area contributed by atoms with Crippen LogP contribution < -0.4 is 5.32 Å². The molecule has 0 radical (unpaired) electrons. The topological polar surface area (TPSA) is 79.9 Å². The average molecular weight is 180 g/mol. The number of nitriles is 2. The number of hydrogen-bond acceptors (Lipinski definition) is 3. The van der Waals surface area contributed by atoms with E-state index in [-0.39, 0.29) is 6.03 Å². The van der Waals surface area contributed by atoms with Crippen molar-refractivity contribution < 1.29 is 4.79 Å². The van der Waals surface area contributed by atoms with Gasteiger partial charge in [-0.1, -0.05) is 0 Å². The summed E-state index contributed by atoms with van der Waals surface area (Å²) < 4.78 is 0. The van der Waals surface area contributed by atoms with Crippen LogP contribution in [0.2, 0.25) is 0 Å². The Labute approximate surface area is 77.6 Å². The second-order valence-electron chi connectivity index (χ2n) is 2.36. The minimum Gasteiger partial charge on any atom is -0.341 e. The highest BCUT2D eigenvalue weighted by Gasteiger charge is 2.09. The normalized spacial score (nSPS) is 8.23. The van der Waals surface area contributed by atoms with Crippen LogP contribution in [0, 0.1) is 22.7 Å². The average Bonchev–Trinajstić information content (AvgIpc) is 2.17. The summed E-state index contributed by atoms with van der Waals surface area (Å²) in [5.74, 6) is 0. The smallest absolute Gasteiger partial charge is 0.317 e. The standard InChI is InChI=1S/C8H12N4O/c1-11-8(13)12(6-2-4-9)7-3-5-10/h2-3,6-7H2,1H3,(H,11,13). The van der Waals surface area contributed by atoms with E-state index in [1.807, 2.05) is 12.1 Å². The van der Waals surface area contributed by atoms with Crippen molar-refractivity contribution in [2.45, 2.75) is 12.8 Å². The van der Waals surface area contributed by atoms with Gasteiger partial charge < -0.3 is 10.2 Å². The number of hydrogen-bond donors (Lipinski definition) is 1. The van der Waals surface area contributed by atoms with Crippen molar-refractivity contribution in [3.63, 3.8) is 0 Å². The Morgan fingerprint density at radius 1 is 1.31 bits per heavy atom. The number of rotatable bonds is 4. The van der Waals surface area contributed by atoms with Gasteiger partial charge in [0.25, 0.3) is 0 Å². The van der Waals surface area contributed by atoms with Crippen LogP contribution in [0.25, 0.3) is 0 Å². The molecule has 0 heterocycles. The third-order valence-corrected chi connectivity index (χ3v) is 1.49. The zero-order valence-corrected chi connectivity index (χ0v) is 7.58. The SMILES string of the molecule is CNC(=O)N(CCC#N)CCC#N. The van der Waals surface area contributed by atoms with Gasteiger partial charge in [0.2, 0.25) is 0 Å². The highest BCUT2D eigenvalue weighted by Crippen LogP contribution is 1.93. The van der Waals surface area contributed by atoms with E-state index in [2.05, 4.69) is 5.32 Å². The van der Waals surface area contributed by atoms with E-state index < -0.39 is 0 Å². The first kappa shape index (κ1) is 11.2. The van der Waals surface area contributed by atoms with Gasteiger partial charge in [0, 0.05) is 20.1 Å². The second kappa shape index (κ2) is 6.93. The largest absolute Gasteiger partial charge is 0.341 e. The fourth-order valence-corrected chi connectivity index (χ4v) is 0.843. The lowest BCUT2D eigenvalue weighted by molar-refractivity contribution is 0.202. The van der Waals surface area contributed by atoms with Gasteiger partial charge in [-0.15, -0.1) is 0 Å². The summed E-state index contributed by atoms with van der Waals surface area (Å²) in [4.78, 5) is 12.6. The van der Waals surface area contributed by atoms with Gasteiger partial charge in [-0.25, -0.2) is 4.79 Å². The Balaban J connectivity index is 3.97. The van der Waals surface area contributed by atoms with Crippen LogP contribution in [0.5, 0.6) is 0 Å².